The van der Waals surface area contributed by atoms with Crippen LogP contribution in [0.3, 0.4) is 0 Å². The van der Waals surface area contributed by atoms with Crippen molar-refractivity contribution in [3.05, 3.63) is 51.3 Å². The lowest BCUT2D eigenvalue weighted by Gasteiger charge is -1.99. The number of cyclic esters (lactones) is 1. The molecule has 1 aliphatic rings. The highest BCUT2D eigenvalue weighted by atomic mass is 19.1. The molecule has 2 aromatic rings. The van der Waals surface area contributed by atoms with E-state index in [0.29, 0.717) is 0 Å². The Hall–Kier alpha value is -3.10. The minimum atomic E-state index is -0.880. The summed E-state index contributed by atoms with van der Waals surface area (Å²) >= 11 is 0. The zero-order valence-corrected chi connectivity index (χ0v) is 10.6. The number of halogens is 1. The Labute approximate surface area is 116 Å². The number of nitro groups is 1. The van der Waals surface area contributed by atoms with Crippen LogP contribution in [0.25, 0.3) is 11.8 Å². The van der Waals surface area contributed by atoms with E-state index in [1.807, 2.05) is 0 Å². The molecule has 8 nitrogen and oxygen atoms in total. The Kier molecular flexibility index (Phi) is 2.75. The first-order valence-corrected chi connectivity index (χ1v) is 5.73. The van der Waals surface area contributed by atoms with Crippen LogP contribution in [0.15, 0.2) is 18.5 Å². The van der Waals surface area contributed by atoms with Gasteiger partial charge < -0.3 is 4.74 Å². The third-order valence-corrected chi connectivity index (χ3v) is 2.83. The van der Waals surface area contributed by atoms with Crippen molar-refractivity contribution in [1.82, 2.24) is 14.8 Å². The highest BCUT2D eigenvalue weighted by Gasteiger charge is 2.35. The summed E-state index contributed by atoms with van der Waals surface area (Å²) in [6, 6.07) is 1.64. The molecule has 2 heterocycles. The molecule has 3 rings (SSSR count). The fourth-order valence-corrected chi connectivity index (χ4v) is 2.00. The van der Waals surface area contributed by atoms with Gasteiger partial charge in [0.15, 0.2) is 5.82 Å². The minimum Gasteiger partial charge on any atom is -0.422 e. The Morgan fingerprint density at radius 3 is 2.86 bits per heavy atom. The van der Waals surface area contributed by atoms with Gasteiger partial charge in [0.25, 0.3) is 5.69 Å². The molecule has 0 spiro atoms. The van der Waals surface area contributed by atoms with Crippen molar-refractivity contribution in [2.24, 2.45) is 7.05 Å². The van der Waals surface area contributed by atoms with Gasteiger partial charge in [0.05, 0.1) is 16.6 Å². The Morgan fingerprint density at radius 1 is 1.48 bits per heavy atom. The molecular weight excluding hydrogens is 283 g/mol. The third kappa shape index (κ3) is 2.14. The summed E-state index contributed by atoms with van der Waals surface area (Å²) in [5, 5.41) is 15.0. The van der Waals surface area contributed by atoms with E-state index in [0.717, 1.165) is 12.1 Å². The normalized spacial score (nSPS) is 15.1. The maximum Gasteiger partial charge on any atom is 0.344 e. The minimum absolute atomic E-state index is 0.0705. The second kappa shape index (κ2) is 4.47. The van der Waals surface area contributed by atoms with E-state index in [1.165, 1.54) is 17.1 Å². The number of rotatable bonds is 2. The van der Waals surface area contributed by atoms with Crippen molar-refractivity contribution in [3.8, 4) is 0 Å². The predicted octanol–water partition coefficient (Wildman–Crippen LogP) is 1.53. The van der Waals surface area contributed by atoms with Crippen molar-refractivity contribution < 1.29 is 18.8 Å². The van der Waals surface area contributed by atoms with Crippen LogP contribution in [0.5, 0.6) is 0 Å². The number of fused-ring (bicyclic) bond motifs is 1. The lowest BCUT2D eigenvalue weighted by Crippen LogP contribution is -1.98. The lowest BCUT2D eigenvalue weighted by atomic mass is 10.1. The number of aryl methyl sites for hydroxylation is 1. The number of carbonyl (C=O) groups excluding carboxylic acids is 1. The quantitative estimate of drug-likeness (QED) is 0.472. The van der Waals surface area contributed by atoms with Crippen LogP contribution in [0.4, 0.5) is 10.1 Å². The van der Waals surface area contributed by atoms with E-state index in [-0.39, 0.29) is 22.7 Å². The molecule has 0 unspecified atom stereocenters. The summed E-state index contributed by atoms with van der Waals surface area (Å²) in [5.74, 6) is -1.59. The van der Waals surface area contributed by atoms with E-state index in [4.69, 9.17) is 4.74 Å². The molecule has 21 heavy (non-hydrogen) atoms. The average Bonchev–Trinajstić information content (AvgIpc) is 2.94. The molecule has 0 amide bonds. The van der Waals surface area contributed by atoms with E-state index >= 15 is 0 Å². The number of nitrogens with zero attached hydrogens (tertiary/aromatic N) is 4. The fourth-order valence-electron chi connectivity index (χ4n) is 2.00. The summed E-state index contributed by atoms with van der Waals surface area (Å²) in [4.78, 5) is 25.9. The summed E-state index contributed by atoms with van der Waals surface area (Å²) in [5.41, 5.74) is -0.805. The van der Waals surface area contributed by atoms with E-state index in [2.05, 4.69) is 10.1 Å². The van der Waals surface area contributed by atoms with Gasteiger partial charge in [0.2, 0.25) is 0 Å². The van der Waals surface area contributed by atoms with E-state index in [1.54, 1.807) is 7.05 Å². The van der Waals surface area contributed by atoms with E-state index < -0.39 is 22.4 Å². The number of hydrogen-bond donors (Lipinski definition) is 0. The third-order valence-electron chi connectivity index (χ3n) is 2.83. The van der Waals surface area contributed by atoms with Crippen LogP contribution in [0.1, 0.15) is 21.7 Å². The standard InChI is InChI=1S/C12H7FN4O4/c1-16-5-14-10(15-16)4-9-11-7(12(18)21-9)2-6(13)3-8(11)17(19)20/h2-5H,1H3/b9-4-. The molecule has 1 aromatic heterocycles. The molecule has 0 aliphatic carbocycles. The highest BCUT2D eigenvalue weighted by molar-refractivity contribution is 6.07. The number of esters is 1. The van der Waals surface area contributed by atoms with Crippen LogP contribution in [0, 0.1) is 15.9 Å². The number of ether oxygens (including phenoxy) is 1. The van der Waals surface area contributed by atoms with Crippen LogP contribution in [-0.4, -0.2) is 25.7 Å². The van der Waals surface area contributed by atoms with Gasteiger partial charge in [-0.3, -0.25) is 14.8 Å². The molecule has 0 fully saturated rings. The first-order chi connectivity index (χ1) is 9.95. The van der Waals surface area contributed by atoms with Crippen molar-refractivity contribution >= 4 is 23.5 Å². The number of hydrogen-bond acceptors (Lipinski definition) is 6. The molecule has 106 valence electrons. The zero-order valence-electron chi connectivity index (χ0n) is 10.6. The fraction of sp³-hybridized carbons (Fsp3) is 0.0833. The molecular formula is C12H7FN4O4. The van der Waals surface area contributed by atoms with Crippen LogP contribution >= 0.6 is 0 Å². The number of aromatic nitrogens is 3. The molecule has 0 saturated heterocycles. The van der Waals surface area contributed by atoms with Gasteiger partial charge in [-0.2, -0.15) is 5.10 Å². The smallest absolute Gasteiger partial charge is 0.344 e. The molecule has 0 radical (unpaired) electrons. The van der Waals surface area contributed by atoms with Gasteiger partial charge >= 0.3 is 5.97 Å². The van der Waals surface area contributed by atoms with Crippen molar-refractivity contribution in [3.63, 3.8) is 0 Å². The number of nitro benzene ring substituents is 1. The molecule has 9 heteroatoms. The average molecular weight is 290 g/mol. The second-order valence-electron chi connectivity index (χ2n) is 4.28. The van der Waals surface area contributed by atoms with Crippen LogP contribution in [-0.2, 0) is 11.8 Å². The van der Waals surface area contributed by atoms with Crippen LogP contribution < -0.4 is 0 Å². The number of benzene rings is 1. The molecule has 0 N–H and O–H groups in total. The van der Waals surface area contributed by atoms with Crippen molar-refractivity contribution in [2.45, 2.75) is 0 Å². The number of carbonyl (C=O) groups is 1. The van der Waals surface area contributed by atoms with Gasteiger partial charge in [-0.25, -0.2) is 14.2 Å². The van der Waals surface area contributed by atoms with Crippen molar-refractivity contribution in [2.75, 3.05) is 0 Å². The monoisotopic (exact) mass is 290 g/mol. The Bertz CT molecular complexity index is 812. The SMILES string of the molecule is Cn1cnc(/C=C2\OC(=O)c3cc(F)cc([N+](=O)[O-])c32)n1. The lowest BCUT2D eigenvalue weighted by molar-refractivity contribution is -0.385. The van der Waals surface area contributed by atoms with Crippen molar-refractivity contribution in [1.29, 1.82) is 0 Å². The second-order valence-corrected chi connectivity index (χ2v) is 4.28. The molecule has 1 aromatic carbocycles. The zero-order chi connectivity index (χ0) is 15.1. The first-order valence-electron chi connectivity index (χ1n) is 5.73. The van der Waals surface area contributed by atoms with Gasteiger partial charge in [0.1, 0.15) is 23.5 Å². The maximum atomic E-state index is 13.4. The van der Waals surface area contributed by atoms with Gasteiger partial charge in [0, 0.05) is 13.1 Å². The largest absolute Gasteiger partial charge is 0.422 e. The van der Waals surface area contributed by atoms with Gasteiger partial charge in [-0.05, 0) is 6.07 Å². The first kappa shape index (κ1) is 12.9. The Morgan fingerprint density at radius 2 is 2.24 bits per heavy atom. The Balaban J connectivity index is 2.21. The van der Waals surface area contributed by atoms with Gasteiger partial charge in [-0.1, -0.05) is 0 Å². The molecule has 0 bridgehead atoms. The maximum absolute atomic E-state index is 13.4. The molecule has 1 aliphatic heterocycles. The summed E-state index contributed by atoms with van der Waals surface area (Å²) in [6.07, 6.45) is 2.71. The molecule has 0 atom stereocenters. The van der Waals surface area contributed by atoms with Crippen LogP contribution in [0.2, 0.25) is 0 Å². The summed E-state index contributed by atoms with van der Waals surface area (Å²) < 4.78 is 19.7. The van der Waals surface area contributed by atoms with Gasteiger partial charge in [-0.15, -0.1) is 0 Å². The topological polar surface area (TPSA) is 100 Å². The summed E-state index contributed by atoms with van der Waals surface area (Å²) in [7, 11) is 1.64. The predicted molar refractivity (Wildman–Crippen MR) is 67.3 cm³/mol. The van der Waals surface area contributed by atoms with E-state index in [9.17, 15) is 19.3 Å². The molecule has 0 saturated carbocycles. The highest BCUT2D eigenvalue weighted by Crippen LogP contribution is 2.38. The summed E-state index contributed by atoms with van der Waals surface area (Å²) in [6.45, 7) is 0.